The van der Waals surface area contributed by atoms with Crippen LogP contribution in [0, 0.1) is 25.7 Å². The Balaban J connectivity index is 1.78. The summed E-state index contributed by atoms with van der Waals surface area (Å²) in [5.41, 5.74) is 9.10. The third-order valence-corrected chi connectivity index (χ3v) is 5.24. The Hall–Kier alpha value is -3.70. The Bertz CT molecular complexity index is 1290. The van der Waals surface area contributed by atoms with Gasteiger partial charge in [0.15, 0.2) is 0 Å². The van der Waals surface area contributed by atoms with Crippen LogP contribution in [0.5, 0.6) is 0 Å². The first-order valence-corrected chi connectivity index (χ1v) is 10.1. The zero-order valence-corrected chi connectivity index (χ0v) is 17.6. The van der Waals surface area contributed by atoms with Gasteiger partial charge in [-0.1, -0.05) is 42.3 Å². The Morgan fingerprint density at radius 3 is 2.43 bits per heavy atom. The summed E-state index contributed by atoms with van der Waals surface area (Å²) in [5.74, 6) is 6.00. The molecule has 2 heteroatoms. The number of rotatable bonds is 4. The van der Waals surface area contributed by atoms with E-state index >= 15 is 0 Å². The van der Waals surface area contributed by atoms with E-state index in [0.29, 0.717) is 0 Å². The van der Waals surface area contributed by atoms with Gasteiger partial charge in [0.1, 0.15) is 0 Å². The Morgan fingerprint density at radius 2 is 1.63 bits per heavy atom. The van der Waals surface area contributed by atoms with Gasteiger partial charge in [-0.05, 0) is 78.9 Å². The quantitative estimate of drug-likeness (QED) is 0.351. The molecule has 30 heavy (non-hydrogen) atoms. The van der Waals surface area contributed by atoms with Crippen molar-refractivity contribution in [2.75, 3.05) is 0 Å². The second kappa shape index (κ2) is 8.76. The topological polar surface area (TPSA) is 25.8 Å². The van der Waals surface area contributed by atoms with Crippen molar-refractivity contribution in [3.05, 3.63) is 89.8 Å². The van der Waals surface area contributed by atoms with E-state index < -0.39 is 0 Å². The van der Waals surface area contributed by atoms with Crippen LogP contribution in [0.1, 0.15) is 30.0 Å². The maximum atomic E-state index is 5.05. The highest BCUT2D eigenvalue weighted by molar-refractivity contribution is 5.87. The first-order chi connectivity index (χ1) is 14.7. The van der Waals surface area contributed by atoms with Crippen molar-refractivity contribution in [2.24, 2.45) is 0 Å². The van der Waals surface area contributed by atoms with Crippen LogP contribution in [-0.2, 0) is 0 Å². The van der Waals surface area contributed by atoms with Crippen LogP contribution in [0.15, 0.2) is 73.1 Å². The molecule has 0 radical (unpaired) electrons. The number of pyridine rings is 2. The first kappa shape index (κ1) is 19.6. The molecular weight excluding hydrogens is 364 g/mol. The molecule has 4 aromatic rings. The predicted molar refractivity (Wildman–Crippen MR) is 127 cm³/mol. The molecule has 0 aliphatic carbocycles. The number of aryl methyl sites for hydroxylation is 2. The van der Waals surface area contributed by atoms with E-state index in [-0.39, 0.29) is 0 Å². The van der Waals surface area contributed by atoms with Gasteiger partial charge in [-0.25, -0.2) is 4.98 Å². The van der Waals surface area contributed by atoms with Gasteiger partial charge in [0, 0.05) is 29.8 Å². The van der Waals surface area contributed by atoms with Gasteiger partial charge in [0.25, 0.3) is 0 Å². The van der Waals surface area contributed by atoms with Gasteiger partial charge in [0.05, 0.1) is 11.2 Å². The third-order valence-electron chi connectivity index (χ3n) is 5.24. The van der Waals surface area contributed by atoms with Crippen molar-refractivity contribution >= 4 is 17.0 Å². The summed E-state index contributed by atoms with van der Waals surface area (Å²) in [4.78, 5) is 9.18. The minimum Gasteiger partial charge on any atom is -0.265 e. The lowest BCUT2D eigenvalue weighted by Crippen LogP contribution is -1.92. The molecule has 2 nitrogen and oxygen atoms in total. The van der Waals surface area contributed by atoms with Crippen molar-refractivity contribution in [3.63, 3.8) is 0 Å². The summed E-state index contributed by atoms with van der Waals surface area (Å²) in [5, 5.41) is 1.16. The Labute approximate surface area is 178 Å². The summed E-state index contributed by atoms with van der Waals surface area (Å²) in [6.07, 6.45) is 8.67. The summed E-state index contributed by atoms with van der Waals surface area (Å²) in [6, 6.07) is 19.3. The fourth-order valence-electron chi connectivity index (χ4n) is 3.68. The average molecular weight is 389 g/mol. The standard InChI is InChI=1S/C28H24N2/c1-4-5-6-7-8-22-9-10-24-11-12-27(30-28(24)21(22)3)26-18-20(2)17-25(19-26)23-13-15-29-16-14-23/h7-19H,6H2,1-3H3/b8-7-. The molecule has 4 rings (SSSR count). The molecule has 2 heterocycles. The number of nitrogens with zero attached hydrogens (tertiary/aromatic N) is 2. The molecule has 0 spiro atoms. The zero-order chi connectivity index (χ0) is 20.9. The minimum absolute atomic E-state index is 0.766. The van der Waals surface area contributed by atoms with Crippen molar-refractivity contribution < 1.29 is 0 Å². The van der Waals surface area contributed by atoms with Crippen molar-refractivity contribution in [2.45, 2.75) is 27.2 Å². The van der Waals surface area contributed by atoms with Crippen LogP contribution in [0.3, 0.4) is 0 Å². The lowest BCUT2D eigenvalue weighted by atomic mass is 9.98. The maximum absolute atomic E-state index is 5.05. The largest absolute Gasteiger partial charge is 0.265 e. The molecule has 0 aliphatic rings. The van der Waals surface area contributed by atoms with Crippen LogP contribution in [0.4, 0.5) is 0 Å². The third kappa shape index (κ3) is 4.16. The van der Waals surface area contributed by atoms with E-state index in [0.717, 1.165) is 34.1 Å². The van der Waals surface area contributed by atoms with Gasteiger partial charge < -0.3 is 0 Å². The SMILES string of the molecule is CC#CC/C=C\c1ccc2ccc(-c3cc(C)cc(-c4ccncc4)c3)nc2c1C. The smallest absolute Gasteiger partial charge is 0.0744 e. The van der Waals surface area contributed by atoms with Crippen molar-refractivity contribution in [1.29, 1.82) is 0 Å². The van der Waals surface area contributed by atoms with Crippen molar-refractivity contribution in [3.8, 4) is 34.2 Å². The van der Waals surface area contributed by atoms with E-state index in [4.69, 9.17) is 4.98 Å². The van der Waals surface area contributed by atoms with Gasteiger partial charge in [0.2, 0.25) is 0 Å². The maximum Gasteiger partial charge on any atom is 0.0744 e. The summed E-state index contributed by atoms with van der Waals surface area (Å²) >= 11 is 0. The number of allylic oxidation sites excluding steroid dienone is 1. The van der Waals surface area contributed by atoms with E-state index in [2.05, 4.69) is 85.3 Å². The van der Waals surface area contributed by atoms with Crippen LogP contribution < -0.4 is 0 Å². The second-order valence-corrected chi connectivity index (χ2v) is 7.40. The van der Waals surface area contributed by atoms with Crippen LogP contribution in [0.25, 0.3) is 39.4 Å². The van der Waals surface area contributed by atoms with E-state index in [9.17, 15) is 0 Å². The molecule has 0 saturated heterocycles. The molecule has 2 aromatic carbocycles. The minimum atomic E-state index is 0.766. The zero-order valence-electron chi connectivity index (χ0n) is 17.6. The molecule has 0 saturated carbocycles. The number of fused-ring (bicyclic) bond motifs is 1. The molecular formula is C28H24N2. The molecule has 0 atom stereocenters. The molecule has 0 aliphatic heterocycles. The van der Waals surface area contributed by atoms with Gasteiger partial charge in [-0.15, -0.1) is 5.92 Å². The Kier molecular flexibility index (Phi) is 5.72. The number of aromatic nitrogens is 2. The lowest BCUT2D eigenvalue weighted by molar-refractivity contribution is 1.32. The van der Waals surface area contributed by atoms with Crippen LogP contribution >= 0.6 is 0 Å². The highest BCUT2D eigenvalue weighted by Gasteiger charge is 2.08. The number of hydrogen-bond acceptors (Lipinski definition) is 2. The fraction of sp³-hybridized carbons (Fsp3) is 0.143. The highest BCUT2D eigenvalue weighted by Crippen LogP contribution is 2.29. The van der Waals surface area contributed by atoms with Gasteiger partial charge >= 0.3 is 0 Å². The van der Waals surface area contributed by atoms with Gasteiger partial charge in [-0.2, -0.15) is 0 Å². The summed E-state index contributed by atoms with van der Waals surface area (Å²) in [6.45, 7) is 6.14. The van der Waals surface area contributed by atoms with E-state index in [1.807, 2.05) is 31.5 Å². The molecule has 0 N–H and O–H groups in total. The Morgan fingerprint density at radius 1 is 0.867 bits per heavy atom. The summed E-state index contributed by atoms with van der Waals surface area (Å²) < 4.78 is 0. The fourth-order valence-corrected chi connectivity index (χ4v) is 3.68. The first-order valence-electron chi connectivity index (χ1n) is 10.1. The van der Waals surface area contributed by atoms with E-state index in [1.54, 1.807) is 0 Å². The lowest BCUT2D eigenvalue weighted by Gasteiger charge is -2.11. The van der Waals surface area contributed by atoms with Crippen LogP contribution in [0.2, 0.25) is 0 Å². The number of hydrogen-bond donors (Lipinski definition) is 0. The predicted octanol–water partition coefficient (Wildman–Crippen LogP) is 7.01. The average Bonchev–Trinajstić information content (AvgIpc) is 2.78. The normalized spacial score (nSPS) is 10.9. The van der Waals surface area contributed by atoms with Crippen LogP contribution in [-0.4, -0.2) is 9.97 Å². The monoisotopic (exact) mass is 388 g/mol. The van der Waals surface area contributed by atoms with E-state index in [1.165, 1.54) is 22.3 Å². The molecule has 0 bridgehead atoms. The summed E-state index contributed by atoms with van der Waals surface area (Å²) in [7, 11) is 0. The van der Waals surface area contributed by atoms with Crippen molar-refractivity contribution in [1.82, 2.24) is 9.97 Å². The van der Waals surface area contributed by atoms with Gasteiger partial charge in [-0.3, -0.25) is 4.98 Å². The number of benzene rings is 2. The molecule has 0 unspecified atom stereocenters. The molecule has 146 valence electrons. The molecule has 0 amide bonds. The second-order valence-electron chi connectivity index (χ2n) is 7.40. The highest BCUT2D eigenvalue weighted by atomic mass is 14.7. The molecule has 0 fully saturated rings. The molecule has 2 aromatic heterocycles.